The van der Waals surface area contributed by atoms with E-state index >= 15 is 0 Å². The zero-order chi connectivity index (χ0) is 18.2. The number of rotatable bonds is 3. The molecule has 4 nitrogen and oxygen atoms in total. The zero-order valence-corrected chi connectivity index (χ0v) is 14.2. The van der Waals surface area contributed by atoms with Crippen molar-refractivity contribution in [2.24, 2.45) is 7.05 Å². The van der Waals surface area contributed by atoms with Crippen molar-refractivity contribution < 1.29 is 18.0 Å². The summed E-state index contributed by atoms with van der Waals surface area (Å²) in [5.74, 6) is -0.175. The van der Waals surface area contributed by atoms with Crippen molar-refractivity contribution in [2.75, 3.05) is 5.32 Å². The summed E-state index contributed by atoms with van der Waals surface area (Å²) < 4.78 is 41.6. The number of hydrogen-bond acceptors (Lipinski definition) is 3. The maximum Gasteiger partial charge on any atom is 0.426 e. The van der Waals surface area contributed by atoms with Gasteiger partial charge in [-0.15, -0.1) is 11.3 Å². The fraction of sp³-hybridized carbons (Fsp3) is 0.176. The Kier molecular flexibility index (Phi) is 4.38. The van der Waals surface area contributed by atoms with E-state index in [4.69, 9.17) is 0 Å². The first-order valence-corrected chi connectivity index (χ1v) is 8.16. The molecule has 130 valence electrons. The summed E-state index contributed by atoms with van der Waals surface area (Å²) in [7, 11) is 1.65. The third-order valence-electron chi connectivity index (χ3n) is 3.54. The van der Waals surface area contributed by atoms with Crippen LogP contribution in [0.2, 0.25) is 0 Å². The second-order valence-electron chi connectivity index (χ2n) is 5.47. The minimum Gasteiger partial charge on any atom is -0.306 e. The Morgan fingerprint density at radius 2 is 1.88 bits per heavy atom. The lowest BCUT2D eigenvalue weighted by molar-refractivity contribution is -0.133. The molecule has 0 atom stereocenters. The Balaban J connectivity index is 1.99. The van der Waals surface area contributed by atoms with Crippen LogP contribution in [0.25, 0.3) is 11.1 Å². The van der Waals surface area contributed by atoms with E-state index in [1.807, 2.05) is 0 Å². The molecule has 25 heavy (non-hydrogen) atoms. The third kappa shape index (κ3) is 3.58. The molecule has 0 unspecified atom stereocenters. The number of anilines is 1. The van der Waals surface area contributed by atoms with Crippen LogP contribution >= 0.6 is 11.3 Å². The molecule has 0 aliphatic carbocycles. The molecule has 0 saturated carbocycles. The van der Waals surface area contributed by atoms with Crippen LogP contribution in [0.15, 0.2) is 42.5 Å². The molecule has 1 N–H and O–H groups in total. The number of carbonyl (C=O) groups is 1. The Labute approximate surface area is 145 Å². The molecular weight excluding hydrogens is 351 g/mol. The molecule has 0 aliphatic heterocycles. The third-order valence-corrected chi connectivity index (χ3v) is 4.72. The van der Waals surface area contributed by atoms with Crippen LogP contribution in [0.5, 0.6) is 0 Å². The first-order valence-electron chi connectivity index (χ1n) is 7.34. The summed E-state index contributed by atoms with van der Waals surface area (Å²) in [4.78, 5) is 11.6. The quantitative estimate of drug-likeness (QED) is 0.729. The molecule has 0 saturated heterocycles. The molecule has 3 rings (SSSR count). The number of hydrogen-bond donors (Lipinski definition) is 1. The fourth-order valence-electron chi connectivity index (χ4n) is 2.45. The van der Waals surface area contributed by atoms with Crippen LogP contribution in [0.3, 0.4) is 0 Å². The van der Waals surface area contributed by atoms with Gasteiger partial charge in [-0.25, -0.2) is 0 Å². The Morgan fingerprint density at radius 1 is 1.20 bits per heavy atom. The van der Waals surface area contributed by atoms with Gasteiger partial charge in [-0.1, -0.05) is 30.3 Å². The summed E-state index contributed by atoms with van der Waals surface area (Å²) in [5, 5.41) is 6.69. The molecule has 8 heteroatoms. The van der Waals surface area contributed by atoms with E-state index in [9.17, 15) is 18.0 Å². The van der Waals surface area contributed by atoms with Gasteiger partial charge in [0, 0.05) is 18.7 Å². The van der Waals surface area contributed by atoms with Crippen molar-refractivity contribution in [1.29, 1.82) is 0 Å². The first-order chi connectivity index (χ1) is 11.8. The van der Waals surface area contributed by atoms with Gasteiger partial charge in [0.15, 0.2) is 0 Å². The van der Waals surface area contributed by atoms with Crippen molar-refractivity contribution >= 4 is 23.1 Å². The van der Waals surface area contributed by atoms with Crippen molar-refractivity contribution in [3.05, 3.63) is 57.9 Å². The highest BCUT2D eigenvalue weighted by atomic mass is 32.1. The highest BCUT2D eigenvalue weighted by Crippen LogP contribution is 2.42. The van der Waals surface area contributed by atoms with Gasteiger partial charge in [0.2, 0.25) is 0 Å². The van der Waals surface area contributed by atoms with Gasteiger partial charge in [-0.2, -0.15) is 18.3 Å². The van der Waals surface area contributed by atoms with E-state index in [2.05, 4.69) is 10.4 Å². The molecule has 2 heterocycles. The largest absolute Gasteiger partial charge is 0.426 e. The van der Waals surface area contributed by atoms with Crippen molar-refractivity contribution in [3.8, 4) is 11.1 Å². The number of nitrogens with zero attached hydrogens (tertiary/aromatic N) is 2. The van der Waals surface area contributed by atoms with Gasteiger partial charge in [-0.05, 0) is 18.6 Å². The number of aryl methyl sites for hydroxylation is 2. The van der Waals surface area contributed by atoms with E-state index < -0.39 is 17.0 Å². The minimum atomic E-state index is -4.53. The summed E-state index contributed by atoms with van der Waals surface area (Å²) >= 11 is 0.435. The monoisotopic (exact) mass is 365 g/mol. The lowest BCUT2D eigenvalue weighted by atomic mass is 10.1. The van der Waals surface area contributed by atoms with Gasteiger partial charge in [0.05, 0.1) is 10.6 Å². The number of aromatic nitrogens is 2. The van der Waals surface area contributed by atoms with Crippen LogP contribution in [0, 0.1) is 6.92 Å². The van der Waals surface area contributed by atoms with Crippen LogP contribution < -0.4 is 5.32 Å². The van der Waals surface area contributed by atoms with Gasteiger partial charge in [-0.3, -0.25) is 9.48 Å². The summed E-state index contributed by atoms with van der Waals surface area (Å²) in [6.45, 7) is 1.76. The predicted octanol–water partition coefficient (Wildman–Crippen LogP) is 4.73. The smallest absolute Gasteiger partial charge is 0.306 e. The van der Waals surface area contributed by atoms with Crippen LogP contribution in [-0.4, -0.2) is 15.7 Å². The molecule has 0 radical (unpaired) electrons. The van der Waals surface area contributed by atoms with Crippen LogP contribution in [0.4, 0.5) is 19.0 Å². The topological polar surface area (TPSA) is 46.9 Å². The number of thiophene rings is 1. The molecule has 0 fully saturated rings. The molecule has 0 bridgehead atoms. The second kappa shape index (κ2) is 6.36. The Bertz CT molecular complexity index is 913. The molecular formula is C17H14F3N3OS. The van der Waals surface area contributed by atoms with E-state index in [0.29, 0.717) is 28.4 Å². The molecule has 0 aliphatic rings. The maximum atomic E-state index is 13.4. The summed E-state index contributed by atoms with van der Waals surface area (Å²) in [6, 6.07) is 11.1. The number of benzene rings is 1. The summed E-state index contributed by atoms with van der Waals surface area (Å²) in [6.07, 6.45) is -4.53. The van der Waals surface area contributed by atoms with E-state index in [1.54, 1.807) is 50.4 Å². The van der Waals surface area contributed by atoms with Gasteiger partial charge >= 0.3 is 6.18 Å². The Morgan fingerprint density at radius 3 is 2.44 bits per heavy atom. The molecule has 1 amide bonds. The lowest BCUT2D eigenvalue weighted by Gasteiger charge is -2.07. The number of nitrogens with one attached hydrogen (secondary N) is 1. The zero-order valence-electron chi connectivity index (χ0n) is 13.4. The molecule has 2 aromatic heterocycles. The second-order valence-corrected chi connectivity index (χ2v) is 6.52. The van der Waals surface area contributed by atoms with Crippen LogP contribution in [0.1, 0.15) is 20.2 Å². The van der Waals surface area contributed by atoms with E-state index in [0.717, 1.165) is 0 Å². The van der Waals surface area contributed by atoms with Crippen molar-refractivity contribution in [3.63, 3.8) is 0 Å². The average molecular weight is 365 g/mol. The SMILES string of the molecule is Cc1cc(NC(=O)c2cc(-c3ccccc3)c(C(F)(F)F)s2)n(C)n1. The minimum absolute atomic E-state index is 0.00411. The number of halogens is 3. The fourth-order valence-corrected chi connectivity index (χ4v) is 3.39. The average Bonchev–Trinajstić information content (AvgIpc) is 3.12. The number of amides is 1. The normalized spacial score (nSPS) is 11.6. The highest BCUT2D eigenvalue weighted by Gasteiger charge is 2.37. The van der Waals surface area contributed by atoms with Crippen LogP contribution in [-0.2, 0) is 13.2 Å². The van der Waals surface area contributed by atoms with Gasteiger partial charge in [0.1, 0.15) is 10.7 Å². The standard InChI is InChI=1S/C17H14F3N3OS/c1-10-8-14(23(2)22-10)21-16(24)13-9-12(11-6-4-3-5-7-11)15(25-13)17(18,19)20/h3-9H,1-2H3,(H,21,24). The number of carbonyl (C=O) groups excluding carboxylic acids is 1. The maximum absolute atomic E-state index is 13.4. The Hall–Kier alpha value is -2.61. The van der Waals surface area contributed by atoms with Gasteiger partial charge < -0.3 is 5.32 Å². The van der Waals surface area contributed by atoms with E-state index in [1.165, 1.54) is 10.7 Å². The van der Waals surface area contributed by atoms with Crippen molar-refractivity contribution in [2.45, 2.75) is 13.1 Å². The van der Waals surface area contributed by atoms with Crippen molar-refractivity contribution in [1.82, 2.24) is 9.78 Å². The summed E-state index contributed by atoms with van der Waals surface area (Å²) in [5.41, 5.74) is 1.12. The first kappa shape index (κ1) is 17.2. The number of alkyl halides is 3. The highest BCUT2D eigenvalue weighted by molar-refractivity contribution is 7.14. The molecule has 3 aromatic rings. The van der Waals surface area contributed by atoms with Gasteiger partial charge in [0.25, 0.3) is 5.91 Å². The molecule has 1 aromatic carbocycles. The lowest BCUT2D eigenvalue weighted by Crippen LogP contribution is -2.13. The van der Waals surface area contributed by atoms with E-state index in [-0.39, 0.29) is 10.4 Å². The predicted molar refractivity (Wildman–Crippen MR) is 90.7 cm³/mol. The molecule has 0 spiro atoms.